The second-order valence-electron chi connectivity index (χ2n) is 9.69. The molecule has 0 aliphatic heterocycles. The summed E-state index contributed by atoms with van der Waals surface area (Å²) in [7, 11) is 0. The van der Waals surface area contributed by atoms with Crippen LogP contribution >= 0.6 is 0 Å². The number of carbonyl (C=O) groups is 1. The van der Waals surface area contributed by atoms with E-state index in [1.54, 1.807) is 0 Å². The highest BCUT2D eigenvalue weighted by Gasteiger charge is 2.52. The summed E-state index contributed by atoms with van der Waals surface area (Å²) in [6.07, 6.45) is 13.2. The van der Waals surface area contributed by atoms with Crippen molar-refractivity contribution in [2.24, 2.45) is 10.8 Å². The molecular weight excluding hydrogens is 382 g/mol. The Morgan fingerprint density at radius 2 is 1.45 bits per heavy atom. The zero-order valence-corrected chi connectivity index (χ0v) is 18.7. The molecule has 3 aliphatic carbocycles. The van der Waals surface area contributed by atoms with E-state index in [4.69, 9.17) is 10.00 Å². The average molecular weight is 416 g/mol. The highest BCUT2D eigenvalue weighted by molar-refractivity contribution is 5.80. The lowest BCUT2D eigenvalue weighted by atomic mass is 9.52. The summed E-state index contributed by atoms with van der Waals surface area (Å²) in [5.74, 6) is 0.594. The van der Waals surface area contributed by atoms with Gasteiger partial charge < -0.3 is 4.74 Å². The van der Waals surface area contributed by atoms with E-state index in [0.29, 0.717) is 16.7 Å². The third-order valence-electron chi connectivity index (χ3n) is 7.81. The van der Waals surface area contributed by atoms with Crippen molar-refractivity contribution in [3.05, 3.63) is 54.1 Å². The molecule has 0 amide bonds. The molecule has 2 bridgehead atoms. The van der Waals surface area contributed by atoms with Crippen molar-refractivity contribution in [3.8, 4) is 22.9 Å². The molecule has 0 heterocycles. The zero-order valence-electron chi connectivity index (χ0n) is 18.7. The fourth-order valence-corrected chi connectivity index (χ4v) is 5.54. The van der Waals surface area contributed by atoms with Gasteiger partial charge in [-0.05, 0) is 85.8 Å². The van der Waals surface area contributed by atoms with Crippen LogP contribution in [0, 0.1) is 22.2 Å². The Morgan fingerprint density at radius 1 is 0.871 bits per heavy atom. The van der Waals surface area contributed by atoms with E-state index in [1.165, 1.54) is 51.4 Å². The first-order valence-corrected chi connectivity index (χ1v) is 11.9. The number of benzene rings is 2. The molecule has 3 saturated carbocycles. The van der Waals surface area contributed by atoms with Crippen LogP contribution in [0.1, 0.15) is 83.1 Å². The standard InChI is InChI=1S/C28H33NO2/c1-2-3-4-5-14-27-15-18-28(19-16-27,20-17-27)26(30)31-25-12-10-24(11-13-25)23-8-6-22(21-29)7-9-23/h6-13H,2-5,14-20H2,1H3. The molecule has 0 unspecified atom stereocenters. The Labute approximate surface area is 186 Å². The van der Waals surface area contributed by atoms with Gasteiger partial charge in [0.1, 0.15) is 5.75 Å². The first-order chi connectivity index (χ1) is 15.1. The Balaban J connectivity index is 1.34. The number of carbonyl (C=O) groups excluding carboxylic acids is 1. The number of nitrogens with zero attached hydrogens (tertiary/aromatic N) is 1. The van der Waals surface area contributed by atoms with Crippen molar-refractivity contribution in [2.45, 2.75) is 77.6 Å². The van der Waals surface area contributed by atoms with Crippen LogP contribution in [0.15, 0.2) is 48.5 Å². The Morgan fingerprint density at radius 3 is 2.00 bits per heavy atom. The van der Waals surface area contributed by atoms with E-state index in [-0.39, 0.29) is 11.4 Å². The number of fused-ring (bicyclic) bond motifs is 3. The molecule has 0 saturated heterocycles. The maximum absolute atomic E-state index is 13.1. The van der Waals surface area contributed by atoms with Crippen molar-refractivity contribution in [3.63, 3.8) is 0 Å². The quantitative estimate of drug-likeness (QED) is 0.256. The van der Waals surface area contributed by atoms with Gasteiger partial charge in [0.2, 0.25) is 0 Å². The lowest BCUT2D eigenvalue weighted by Crippen LogP contribution is -2.47. The molecule has 31 heavy (non-hydrogen) atoms. The Bertz CT molecular complexity index is 912. The SMILES string of the molecule is CCCCCCC12CCC(C(=O)Oc3ccc(-c4ccc(C#N)cc4)cc3)(CC1)CC2. The van der Waals surface area contributed by atoms with Gasteiger partial charge in [0.05, 0.1) is 17.0 Å². The van der Waals surface area contributed by atoms with Crippen LogP contribution in [-0.4, -0.2) is 5.97 Å². The van der Waals surface area contributed by atoms with Gasteiger partial charge in [0, 0.05) is 0 Å². The van der Waals surface area contributed by atoms with Gasteiger partial charge in [0.25, 0.3) is 0 Å². The predicted molar refractivity (Wildman–Crippen MR) is 124 cm³/mol. The van der Waals surface area contributed by atoms with Crippen LogP contribution in [0.4, 0.5) is 0 Å². The maximum Gasteiger partial charge on any atom is 0.317 e. The number of hydrogen-bond acceptors (Lipinski definition) is 3. The fourth-order valence-electron chi connectivity index (χ4n) is 5.54. The van der Waals surface area contributed by atoms with E-state index in [1.807, 2.05) is 48.5 Å². The fraction of sp³-hybridized carbons (Fsp3) is 0.500. The third-order valence-corrected chi connectivity index (χ3v) is 7.81. The Hall–Kier alpha value is -2.60. The van der Waals surface area contributed by atoms with Crippen molar-refractivity contribution < 1.29 is 9.53 Å². The van der Waals surface area contributed by atoms with E-state index in [2.05, 4.69) is 13.0 Å². The van der Waals surface area contributed by atoms with Gasteiger partial charge in [-0.2, -0.15) is 5.26 Å². The maximum atomic E-state index is 13.1. The molecular formula is C28H33NO2. The highest BCUT2D eigenvalue weighted by Crippen LogP contribution is 2.59. The molecule has 2 aromatic carbocycles. The van der Waals surface area contributed by atoms with Crippen LogP contribution < -0.4 is 4.74 Å². The summed E-state index contributed by atoms with van der Waals surface area (Å²) in [4.78, 5) is 13.1. The number of rotatable bonds is 8. The van der Waals surface area contributed by atoms with Crippen LogP contribution in [0.2, 0.25) is 0 Å². The zero-order chi connectivity index (χ0) is 21.7. The van der Waals surface area contributed by atoms with Gasteiger partial charge >= 0.3 is 5.97 Å². The predicted octanol–water partition coefficient (Wildman–Crippen LogP) is 7.44. The largest absolute Gasteiger partial charge is 0.426 e. The Kier molecular flexibility index (Phi) is 6.46. The summed E-state index contributed by atoms with van der Waals surface area (Å²) in [5.41, 5.74) is 2.98. The number of unbranched alkanes of at least 4 members (excludes halogenated alkanes) is 3. The second kappa shape index (κ2) is 9.27. The summed E-state index contributed by atoms with van der Waals surface area (Å²) in [6, 6.07) is 17.4. The molecule has 162 valence electrons. The van der Waals surface area contributed by atoms with Crippen molar-refractivity contribution >= 4 is 5.97 Å². The molecule has 0 N–H and O–H groups in total. The minimum absolute atomic E-state index is 0.0297. The van der Waals surface area contributed by atoms with Crippen LogP contribution in [0.5, 0.6) is 5.75 Å². The molecule has 0 aromatic heterocycles. The van der Waals surface area contributed by atoms with Crippen molar-refractivity contribution in [1.82, 2.24) is 0 Å². The van der Waals surface area contributed by atoms with Crippen LogP contribution in [0.3, 0.4) is 0 Å². The lowest BCUT2D eigenvalue weighted by molar-refractivity contribution is -0.156. The van der Waals surface area contributed by atoms with E-state index in [9.17, 15) is 4.79 Å². The second-order valence-corrected chi connectivity index (χ2v) is 9.69. The molecule has 3 fully saturated rings. The van der Waals surface area contributed by atoms with Crippen molar-refractivity contribution in [2.75, 3.05) is 0 Å². The molecule has 0 spiro atoms. The smallest absolute Gasteiger partial charge is 0.317 e. The van der Waals surface area contributed by atoms with Gasteiger partial charge in [-0.25, -0.2) is 0 Å². The lowest BCUT2D eigenvalue weighted by Gasteiger charge is -2.52. The van der Waals surface area contributed by atoms with Gasteiger partial charge in [0.15, 0.2) is 0 Å². The van der Waals surface area contributed by atoms with E-state index >= 15 is 0 Å². The summed E-state index contributed by atoms with van der Waals surface area (Å²) < 4.78 is 5.86. The molecule has 0 radical (unpaired) electrons. The molecule has 5 rings (SSSR count). The average Bonchev–Trinajstić information content (AvgIpc) is 2.83. The molecule has 3 nitrogen and oxygen atoms in total. The minimum Gasteiger partial charge on any atom is -0.426 e. The van der Waals surface area contributed by atoms with Gasteiger partial charge in [-0.3, -0.25) is 4.79 Å². The third kappa shape index (κ3) is 4.69. The summed E-state index contributed by atoms with van der Waals surface area (Å²) in [6.45, 7) is 2.26. The number of ether oxygens (including phenoxy) is 1. The van der Waals surface area contributed by atoms with E-state index in [0.717, 1.165) is 30.4 Å². The molecule has 2 aromatic rings. The normalized spacial score (nSPS) is 24.5. The molecule has 3 heteroatoms. The number of nitriles is 1. The summed E-state index contributed by atoms with van der Waals surface area (Å²) >= 11 is 0. The highest BCUT2D eigenvalue weighted by atomic mass is 16.5. The summed E-state index contributed by atoms with van der Waals surface area (Å²) in [5, 5.41) is 8.94. The molecule has 0 atom stereocenters. The number of hydrogen-bond donors (Lipinski definition) is 0. The monoisotopic (exact) mass is 415 g/mol. The number of esters is 1. The first kappa shape index (κ1) is 21.6. The van der Waals surface area contributed by atoms with Crippen LogP contribution in [0.25, 0.3) is 11.1 Å². The van der Waals surface area contributed by atoms with Crippen molar-refractivity contribution in [1.29, 1.82) is 5.26 Å². The first-order valence-electron chi connectivity index (χ1n) is 11.9. The van der Waals surface area contributed by atoms with Gasteiger partial charge in [-0.1, -0.05) is 56.9 Å². The van der Waals surface area contributed by atoms with Crippen LogP contribution in [-0.2, 0) is 4.79 Å². The topological polar surface area (TPSA) is 50.1 Å². The van der Waals surface area contributed by atoms with Gasteiger partial charge in [-0.15, -0.1) is 0 Å². The molecule has 3 aliphatic rings. The minimum atomic E-state index is -0.267. The van der Waals surface area contributed by atoms with E-state index < -0.39 is 0 Å².